The van der Waals surface area contributed by atoms with E-state index in [2.05, 4.69) is 13.5 Å². The molecule has 3 aliphatic rings. The van der Waals surface area contributed by atoms with Gasteiger partial charge in [0.2, 0.25) is 0 Å². The first-order valence-corrected chi connectivity index (χ1v) is 7.40. The zero-order valence-corrected chi connectivity index (χ0v) is 11.4. The molecule has 0 aromatic heterocycles. The Hall–Kier alpha value is -0.790. The highest BCUT2D eigenvalue weighted by atomic mass is 16.5. The molecule has 3 fully saturated rings. The maximum absolute atomic E-state index is 11.2. The molecule has 0 N–H and O–H groups in total. The lowest BCUT2D eigenvalue weighted by Crippen LogP contribution is -2.38. The van der Waals surface area contributed by atoms with Gasteiger partial charge in [-0.1, -0.05) is 13.5 Å². The van der Waals surface area contributed by atoms with Crippen LogP contribution in [0.25, 0.3) is 0 Å². The van der Waals surface area contributed by atoms with Crippen LogP contribution in [0.1, 0.15) is 45.4 Å². The fourth-order valence-corrected chi connectivity index (χ4v) is 4.92. The minimum atomic E-state index is -0.272. The zero-order chi connectivity index (χ0) is 12.8. The molecule has 3 rings (SSSR count). The normalized spacial score (nSPS) is 45.6. The summed E-state index contributed by atoms with van der Waals surface area (Å²) in [6.07, 6.45) is 9.53. The number of ether oxygens (including phenoxy) is 1. The van der Waals surface area contributed by atoms with Crippen LogP contribution in [0, 0.1) is 29.1 Å². The maximum atomic E-state index is 11.2. The van der Waals surface area contributed by atoms with E-state index in [4.69, 9.17) is 4.74 Å². The predicted molar refractivity (Wildman–Crippen MR) is 70.9 cm³/mol. The van der Waals surface area contributed by atoms with Gasteiger partial charge in [-0.25, -0.2) is 4.79 Å². The van der Waals surface area contributed by atoms with Gasteiger partial charge < -0.3 is 4.74 Å². The Balaban J connectivity index is 1.62. The van der Waals surface area contributed by atoms with Crippen LogP contribution in [0.15, 0.2) is 12.7 Å². The van der Waals surface area contributed by atoms with Gasteiger partial charge in [-0.05, 0) is 62.2 Å². The molecule has 2 bridgehead atoms. The van der Waals surface area contributed by atoms with Gasteiger partial charge in [0.25, 0.3) is 0 Å². The Morgan fingerprint density at radius 2 is 2.06 bits per heavy atom. The lowest BCUT2D eigenvalue weighted by molar-refractivity contribution is -0.142. The summed E-state index contributed by atoms with van der Waals surface area (Å²) >= 11 is 0. The number of hydrogen-bond acceptors (Lipinski definition) is 2. The zero-order valence-electron chi connectivity index (χ0n) is 11.4. The average molecular weight is 248 g/mol. The smallest absolute Gasteiger partial charge is 0.330 e. The molecule has 0 spiro atoms. The van der Waals surface area contributed by atoms with Gasteiger partial charge in [0.1, 0.15) is 0 Å². The second-order valence-electron chi connectivity index (χ2n) is 7.03. The summed E-state index contributed by atoms with van der Waals surface area (Å²) in [5.74, 6) is 3.65. The number of carbonyl (C=O) groups is 1. The van der Waals surface area contributed by atoms with Crippen molar-refractivity contribution in [2.75, 3.05) is 6.61 Å². The molecule has 0 aromatic carbocycles. The molecule has 2 nitrogen and oxygen atoms in total. The SMILES string of the molecule is C=CC(=O)OCC1(C)CCC2C3CCC(C3)C2C1. The topological polar surface area (TPSA) is 26.3 Å². The van der Waals surface area contributed by atoms with E-state index in [-0.39, 0.29) is 11.4 Å². The van der Waals surface area contributed by atoms with Gasteiger partial charge in [-0.15, -0.1) is 0 Å². The summed E-state index contributed by atoms with van der Waals surface area (Å²) < 4.78 is 5.31. The summed E-state index contributed by atoms with van der Waals surface area (Å²) in [5, 5.41) is 0. The first-order valence-electron chi connectivity index (χ1n) is 7.40. The maximum Gasteiger partial charge on any atom is 0.330 e. The van der Waals surface area contributed by atoms with Gasteiger partial charge >= 0.3 is 5.97 Å². The van der Waals surface area contributed by atoms with Crippen LogP contribution in [0.4, 0.5) is 0 Å². The average Bonchev–Trinajstić information content (AvgIpc) is 2.97. The number of esters is 1. The van der Waals surface area contributed by atoms with Crippen molar-refractivity contribution in [2.45, 2.75) is 45.4 Å². The van der Waals surface area contributed by atoms with E-state index >= 15 is 0 Å². The summed E-state index contributed by atoms with van der Waals surface area (Å²) in [7, 11) is 0. The third kappa shape index (κ3) is 2.00. The second-order valence-corrected chi connectivity index (χ2v) is 7.03. The van der Waals surface area contributed by atoms with Crippen LogP contribution in [0.5, 0.6) is 0 Å². The molecule has 3 aliphatic carbocycles. The first kappa shape index (κ1) is 12.3. The predicted octanol–water partition coefficient (Wildman–Crippen LogP) is 3.57. The molecule has 5 unspecified atom stereocenters. The van der Waals surface area contributed by atoms with E-state index < -0.39 is 0 Å². The Morgan fingerprint density at radius 3 is 2.78 bits per heavy atom. The standard InChI is InChI=1S/C16H24O2/c1-3-15(17)18-10-16(2)7-6-13-11-4-5-12(8-11)14(13)9-16/h3,11-14H,1,4-10H2,2H3. The lowest BCUT2D eigenvalue weighted by Gasteiger charge is -2.44. The molecule has 0 aliphatic heterocycles. The summed E-state index contributed by atoms with van der Waals surface area (Å²) in [4.78, 5) is 11.2. The van der Waals surface area contributed by atoms with Crippen LogP contribution in [0.2, 0.25) is 0 Å². The van der Waals surface area contributed by atoms with E-state index in [0.29, 0.717) is 6.61 Å². The largest absolute Gasteiger partial charge is 0.462 e. The molecular formula is C16H24O2. The van der Waals surface area contributed by atoms with Gasteiger partial charge in [0, 0.05) is 11.5 Å². The van der Waals surface area contributed by atoms with Gasteiger partial charge in [-0.3, -0.25) is 0 Å². The lowest BCUT2D eigenvalue weighted by atomic mass is 9.62. The highest BCUT2D eigenvalue weighted by molar-refractivity contribution is 5.81. The summed E-state index contributed by atoms with van der Waals surface area (Å²) in [6, 6.07) is 0. The van der Waals surface area contributed by atoms with Gasteiger partial charge in [0.05, 0.1) is 6.61 Å². The Labute approximate surface area is 110 Å². The number of rotatable bonds is 3. The molecule has 18 heavy (non-hydrogen) atoms. The first-order chi connectivity index (χ1) is 8.61. The van der Waals surface area contributed by atoms with Crippen LogP contribution >= 0.6 is 0 Å². The molecule has 100 valence electrons. The van der Waals surface area contributed by atoms with E-state index in [1.54, 1.807) is 0 Å². The highest BCUT2D eigenvalue weighted by Gasteiger charge is 2.52. The Kier molecular flexibility index (Phi) is 2.99. The summed E-state index contributed by atoms with van der Waals surface area (Å²) in [5.41, 5.74) is 0.213. The van der Waals surface area contributed by atoms with Crippen LogP contribution in [-0.2, 0) is 9.53 Å². The molecule has 0 amide bonds. The molecule has 0 heterocycles. The Morgan fingerprint density at radius 1 is 1.33 bits per heavy atom. The quantitative estimate of drug-likeness (QED) is 0.564. The van der Waals surface area contributed by atoms with E-state index in [1.807, 2.05) is 0 Å². The minimum absolute atomic E-state index is 0.213. The van der Waals surface area contributed by atoms with Crippen molar-refractivity contribution in [2.24, 2.45) is 29.1 Å². The van der Waals surface area contributed by atoms with Crippen LogP contribution in [0.3, 0.4) is 0 Å². The molecular weight excluding hydrogens is 224 g/mol. The Bertz CT molecular complexity index is 362. The van der Waals surface area contributed by atoms with Crippen LogP contribution < -0.4 is 0 Å². The third-order valence-electron chi connectivity index (χ3n) is 5.81. The number of hydrogen-bond donors (Lipinski definition) is 0. The van der Waals surface area contributed by atoms with Crippen molar-refractivity contribution in [3.63, 3.8) is 0 Å². The van der Waals surface area contributed by atoms with E-state index in [1.165, 1.54) is 44.6 Å². The van der Waals surface area contributed by atoms with Crippen molar-refractivity contribution in [1.29, 1.82) is 0 Å². The van der Waals surface area contributed by atoms with Gasteiger partial charge in [0.15, 0.2) is 0 Å². The van der Waals surface area contributed by atoms with Gasteiger partial charge in [-0.2, -0.15) is 0 Å². The van der Waals surface area contributed by atoms with Crippen molar-refractivity contribution < 1.29 is 9.53 Å². The van der Waals surface area contributed by atoms with Crippen molar-refractivity contribution in [1.82, 2.24) is 0 Å². The van der Waals surface area contributed by atoms with Crippen molar-refractivity contribution in [3.05, 3.63) is 12.7 Å². The highest BCUT2D eigenvalue weighted by Crippen LogP contribution is 2.60. The molecule has 3 saturated carbocycles. The molecule has 0 radical (unpaired) electrons. The third-order valence-corrected chi connectivity index (χ3v) is 5.81. The summed E-state index contributed by atoms with van der Waals surface area (Å²) in [6.45, 7) is 6.34. The fraction of sp³-hybridized carbons (Fsp3) is 0.812. The number of fused-ring (bicyclic) bond motifs is 5. The molecule has 5 atom stereocenters. The fourth-order valence-electron chi connectivity index (χ4n) is 4.92. The van der Waals surface area contributed by atoms with E-state index in [0.717, 1.165) is 23.7 Å². The van der Waals surface area contributed by atoms with E-state index in [9.17, 15) is 4.79 Å². The van der Waals surface area contributed by atoms with Crippen molar-refractivity contribution >= 4 is 5.97 Å². The molecule has 0 saturated heterocycles. The van der Waals surface area contributed by atoms with Crippen molar-refractivity contribution in [3.8, 4) is 0 Å². The molecule has 0 aromatic rings. The monoisotopic (exact) mass is 248 g/mol. The van der Waals surface area contributed by atoms with Crippen LogP contribution in [-0.4, -0.2) is 12.6 Å². The minimum Gasteiger partial charge on any atom is -0.462 e. The number of carbonyl (C=O) groups excluding carboxylic acids is 1. The second kappa shape index (κ2) is 4.40. The molecule has 2 heteroatoms.